The third-order valence-corrected chi connectivity index (χ3v) is 10.3. The van der Waals surface area contributed by atoms with Gasteiger partial charge in [0.15, 0.2) is 11.6 Å². The van der Waals surface area contributed by atoms with Crippen molar-refractivity contribution in [3.05, 3.63) is 28.0 Å². The smallest absolute Gasteiger partial charge is 0.418 e. The SMILES string of the molecule is Cc1cc(N)nc(-c2c(Cl)c3c4c(nc(OC[C@@]56CCCN5C[C@H](F)C6)nc4c2F)N(C)C2(CCO3)CC(F)C2)c1C(F)(F)F. The van der Waals surface area contributed by atoms with E-state index in [1.165, 1.54) is 6.92 Å². The Bertz CT molecular complexity index is 1700. The molecule has 1 aromatic carbocycles. The van der Waals surface area contributed by atoms with Crippen LogP contribution in [0.2, 0.25) is 5.02 Å². The number of nitrogen functional groups attached to an aromatic ring is 1. The summed E-state index contributed by atoms with van der Waals surface area (Å²) in [5.74, 6) is -1.47. The molecule has 0 amide bonds. The molecule has 15 heteroatoms. The minimum atomic E-state index is -4.93. The summed E-state index contributed by atoms with van der Waals surface area (Å²) in [6.45, 7) is 2.25. The summed E-state index contributed by atoms with van der Waals surface area (Å²) in [5, 5.41) is -0.444. The molecule has 1 spiro atoms. The van der Waals surface area contributed by atoms with Crippen molar-refractivity contribution in [1.29, 1.82) is 0 Å². The van der Waals surface area contributed by atoms with E-state index in [2.05, 4.69) is 15.0 Å². The molecule has 2 aromatic heterocycles. The van der Waals surface area contributed by atoms with Crippen LogP contribution < -0.4 is 20.1 Å². The lowest BCUT2D eigenvalue weighted by atomic mass is 9.71. The minimum absolute atomic E-state index is 0.0111. The molecule has 0 bridgehead atoms. The number of aryl methyl sites for hydroxylation is 1. The summed E-state index contributed by atoms with van der Waals surface area (Å²) in [4.78, 5) is 16.6. The number of nitrogens with two attached hydrogens (primary N) is 1. The number of hydrogen-bond acceptors (Lipinski definition) is 8. The highest BCUT2D eigenvalue weighted by molar-refractivity contribution is 6.36. The van der Waals surface area contributed by atoms with Crippen molar-refractivity contribution in [2.75, 3.05) is 44.0 Å². The largest absolute Gasteiger partial charge is 0.491 e. The molecule has 4 aliphatic rings. The zero-order chi connectivity index (χ0) is 32.1. The van der Waals surface area contributed by atoms with E-state index in [0.29, 0.717) is 19.4 Å². The molecule has 45 heavy (non-hydrogen) atoms. The number of pyridine rings is 1. The fourth-order valence-corrected chi connectivity index (χ4v) is 8.07. The lowest BCUT2D eigenvalue weighted by Crippen LogP contribution is -2.58. The quantitative estimate of drug-likeness (QED) is 0.321. The van der Waals surface area contributed by atoms with E-state index >= 15 is 4.39 Å². The van der Waals surface area contributed by atoms with Crippen LogP contribution in [0, 0.1) is 12.7 Å². The van der Waals surface area contributed by atoms with Crippen LogP contribution in [0.1, 0.15) is 49.7 Å². The van der Waals surface area contributed by atoms with Gasteiger partial charge >= 0.3 is 12.2 Å². The first-order chi connectivity index (χ1) is 21.2. The number of anilines is 2. The molecule has 3 fully saturated rings. The average molecular weight is 657 g/mol. The molecule has 3 aliphatic heterocycles. The first kappa shape index (κ1) is 30.4. The lowest BCUT2D eigenvalue weighted by Gasteiger charge is -2.52. The molecule has 0 radical (unpaired) electrons. The minimum Gasteiger partial charge on any atom is -0.491 e. The van der Waals surface area contributed by atoms with Crippen LogP contribution in [-0.4, -0.2) is 76.6 Å². The van der Waals surface area contributed by atoms with Crippen molar-refractivity contribution in [3.63, 3.8) is 0 Å². The van der Waals surface area contributed by atoms with Gasteiger partial charge in [-0.05, 0) is 37.9 Å². The molecule has 2 N–H and O–H groups in total. The van der Waals surface area contributed by atoms with Crippen molar-refractivity contribution < 1.29 is 35.8 Å². The maximum absolute atomic E-state index is 16.8. The van der Waals surface area contributed by atoms with E-state index in [-0.39, 0.29) is 73.4 Å². The Balaban J connectivity index is 1.45. The number of benzene rings is 1. The summed E-state index contributed by atoms with van der Waals surface area (Å²) in [6, 6.07) is 0.786. The van der Waals surface area contributed by atoms with Gasteiger partial charge in [0, 0.05) is 39.3 Å². The van der Waals surface area contributed by atoms with Crippen LogP contribution >= 0.6 is 11.6 Å². The molecule has 5 heterocycles. The predicted molar refractivity (Wildman–Crippen MR) is 156 cm³/mol. The van der Waals surface area contributed by atoms with Gasteiger partial charge in [0.25, 0.3) is 0 Å². The van der Waals surface area contributed by atoms with Crippen LogP contribution in [0.15, 0.2) is 6.07 Å². The van der Waals surface area contributed by atoms with Gasteiger partial charge in [-0.15, -0.1) is 0 Å². The molecule has 1 saturated carbocycles. The zero-order valence-corrected chi connectivity index (χ0v) is 25.3. The van der Waals surface area contributed by atoms with Crippen molar-refractivity contribution in [1.82, 2.24) is 19.9 Å². The van der Waals surface area contributed by atoms with E-state index in [1.54, 1.807) is 11.9 Å². The number of ether oxygens (including phenoxy) is 2. The van der Waals surface area contributed by atoms with Crippen LogP contribution in [0.4, 0.5) is 38.0 Å². The maximum Gasteiger partial charge on any atom is 0.418 e. The fourth-order valence-electron chi connectivity index (χ4n) is 7.75. The second-order valence-electron chi connectivity index (χ2n) is 12.7. The summed E-state index contributed by atoms with van der Waals surface area (Å²) in [5.41, 5.74) is 1.19. The molecule has 2 atom stereocenters. The first-order valence-corrected chi connectivity index (χ1v) is 15.2. The van der Waals surface area contributed by atoms with Crippen LogP contribution in [0.3, 0.4) is 0 Å². The van der Waals surface area contributed by atoms with Crippen molar-refractivity contribution in [2.24, 2.45) is 0 Å². The number of aromatic nitrogens is 3. The molecule has 242 valence electrons. The van der Waals surface area contributed by atoms with E-state index < -0.39 is 62.8 Å². The third-order valence-electron chi connectivity index (χ3n) is 9.98. The summed E-state index contributed by atoms with van der Waals surface area (Å²) < 4.78 is 101. The summed E-state index contributed by atoms with van der Waals surface area (Å²) >= 11 is 6.72. The van der Waals surface area contributed by atoms with E-state index in [9.17, 15) is 22.0 Å². The lowest BCUT2D eigenvalue weighted by molar-refractivity contribution is -0.137. The molecule has 0 unspecified atom stereocenters. The Morgan fingerprint density at radius 3 is 2.60 bits per heavy atom. The van der Waals surface area contributed by atoms with Crippen molar-refractivity contribution in [2.45, 2.75) is 75.0 Å². The van der Waals surface area contributed by atoms with Gasteiger partial charge < -0.3 is 20.1 Å². The number of halogens is 7. The van der Waals surface area contributed by atoms with Crippen LogP contribution in [0.5, 0.6) is 11.8 Å². The summed E-state index contributed by atoms with van der Waals surface area (Å²) in [7, 11) is 1.69. The number of nitrogens with zero attached hydrogens (tertiary/aromatic N) is 5. The molecule has 1 aliphatic carbocycles. The van der Waals surface area contributed by atoms with E-state index in [1.807, 2.05) is 4.90 Å². The Morgan fingerprint density at radius 2 is 1.89 bits per heavy atom. The van der Waals surface area contributed by atoms with E-state index in [4.69, 9.17) is 26.8 Å². The molecule has 2 saturated heterocycles. The Hall–Kier alpha value is -3.26. The standard InChI is InChI=1S/C30H31ClF6N6O2/c1-14-8-17(38)39-23(20(14)30(35,36)37)18-21(31)25-19-24(22(18)34)40-27(45-13-29-4-3-6-43(29)12-16(33)11-29)41-26(19)42(2)28(5-7-44-25)9-15(32)10-28/h8,15-16H,3-7,9-13H2,1-2H3,(H2,38,39)/t15?,16-,28?,29+/m1/s1. The fraction of sp³-hybridized carbons (Fsp3) is 0.567. The van der Waals surface area contributed by atoms with E-state index in [0.717, 1.165) is 12.5 Å². The highest BCUT2D eigenvalue weighted by Crippen LogP contribution is 2.53. The van der Waals surface area contributed by atoms with Gasteiger partial charge in [-0.25, -0.2) is 18.2 Å². The Morgan fingerprint density at radius 1 is 1.13 bits per heavy atom. The average Bonchev–Trinajstić information content (AvgIpc) is 3.45. The van der Waals surface area contributed by atoms with Crippen LogP contribution in [0.25, 0.3) is 22.2 Å². The topological polar surface area (TPSA) is 89.6 Å². The first-order valence-electron chi connectivity index (χ1n) is 14.8. The monoisotopic (exact) mass is 656 g/mol. The van der Waals surface area contributed by atoms with Gasteiger partial charge in [0.05, 0.1) is 44.9 Å². The van der Waals surface area contributed by atoms with Crippen molar-refractivity contribution >= 4 is 34.1 Å². The highest BCUT2D eigenvalue weighted by atomic mass is 35.5. The second kappa shape index (κ2) is 10.4. The van der Waals surface area contributed by atoms with Crippen molar-refractivity contribution in [3.8, 4) is 23.0 Å². The summed E-state index contributed by atoms with van der Waals surface area (Å²) in [6.07, 6.45) is -4.48. The Kier molecular flexibility index (Phi) is 7.01. The molecular formula is C30H31ClF6N6O2. The number of alkyl halides is 5. The number of rotatable bonds is 4. The highest BCUT2D eigenvalue weighted by Gasteiger charge is 2.51. The predicted octanol–water partition coefficient (Wildman–Crippen LogP) is 6.44. The maximum atomic E-state index is 16.8. The van der Waals surface area contributed by atoms with Gasteiger partial charge in [0.2, 0.25) is 0 Å². The Labute approximate surface area is 259 Å². The third kappa shape index (κ3) is 4.73. The van der Waals surface area contributed by atoms with Gasteiger partial charge in [-0.2, -0.15) is 23.1 Å². The molecular weight excluding hydrogens is 626 g/mol. The number of hydrogen-bond donors (Lipinski definition) is 1. The normalized spacial score (nSPS) is 28.2. The second-order valence-corrected chi connectivity index (χ2v) is 13.1. The van der Waals surface area contributed by atoms with Crippen LogP contribution in [-0.2, 0) is 6.18 Å². The van der Waals surface area contributed by atoms with Gasteiger partial charge in [0.1, 0.15) is 36.1 Å². The molecule has 7 rings (SSSR count). The molecule has 3 aromatic rings. The number of fused-ring (bicyclic) bond motifs is 1. The zero-order valence-electron chi connectivity index (χ0n) is 24.6. The van der Waals surface area contributed by atoms with Gasteiger partial charge in [-0.3, -0.25) is 4.90 Å². The van der Waals surface area contributed by atoms with Gasteiger partial charge in [-0.1, -0.05) is 11.6 Å². The molecule has 8 nitrogen and oxygen atoms in total.